The molecule has 0 bridgehead atoms. The fraction of sp³-hybridized carbons (Fsp3) is 0.143. The maximum atomic E-state index is 2.28. The maximum Gasteiger partial charge on any atom is 0.0364 e. The molecule has 3 aromatic carbocycles. The van der Waals surface area contributed by atoms with Gasteiger partial charge in [-0.2, -0.15) is 0 Å². The van der Waals surface area contributed by atoms with Crippen molar-refractivity contribution in [2.24, 2.45) is 0 Å². The van der Waals surface area contributed by atoms with Gasteiger partial charge in [-0.1, -0.05) is 72.8 Å². The lowest BCUT2D eigenvalue weighted by molar-refractivity contribution is 0.973. The van der Waals surface area contributed by atoms with Crippen molar-refractivity contribution in [3.63, 3.8) is 0 Å². The number of rotatable bonds is 4. The first-order valence-electron chi connectivity index (χ1n) is 7.63. The summed E-state index contributed by atoms with van der Waals surface area (Å²) < 4.78 is 0. The van der Waals surface area contributed by atoms with Crippen LogP contribution in [0, 0.1) is 0 Å². The number of hydrogen-bond acceptors (Lipinski definition) is 1. The van der Waals surface area contributed by atoms with E-state index in [1.54, 1.807) is 0 Å². The van der Waals surface area contributed by atoms with E-state index in [-0.39, 0.29) is 5.92 Å². The zero-order valence-corrected chi connectivity index (χ0v) is 13.1. The van der Waals surface area contributed by atoms with Crippen LogP contribution in [0.15, 0.2) is 84.9 Å². The van der Waals surface area contributed by atoms with Gasteiger partial charge in [-0.05, 0) is 28.8 Å². The Bertz CT molecular complexity index is 678. The minimum atomic E-state index is 0.266. The number of nitrogens with zero attached hydrogens (tertiary/aromatic N) is 1. The van der Waals surface area contributed by atoms with Gasteiger partial charge < -0.3 is 4.90 Å². The lowest BCUT2D eigenvalue weighted by atomic mass is 9.85. The molecular weight excluding hydrogens is 266 g/mol. The summed E-state index contributed by atoms with van der Waals surface area (Å²) in [6.45, 7) is 0. The minimum absolute atomic E-state index is 0.266. The van der Waals surface area contributed by atoms with Crippen LogP contribution in [0.3, 0.4) is 0 Å². The van der Waals surface area contributed by atoms with Gasteiger partial charge in [0, 0.05) is 25.7 Å². The molecule has 22 heavy (non-hydrogen) atoms. The van der Waals surface area contributed by atoms with Crippen LogP contribution < -0.4 is 4.90 Å². The monoisotopic (exact) mass is 287 g/mol. The highest BCUT2D eigenvalue weighted by Crippen LogP contribution is 2.33. The van der Waals surface area contributed by atoms with Crippen LogP contribution in [0.2, 0.25) is 0 Å². The van der Waals surface area contributed by atoms with E-state index in [1.807, 2.05) is 0 Å². The SMILES string of the molecule is CN(C)c1cccc(C(c2ccccc2)c2ccccc2)c1. The Hall–Kier alpha value is -2.54. The zero-order chi connectivity index (χ0) is 15.4. The number of hydrogen-bond donors (Lipinski definition) is 0. The van der Waals surface area contributed by atoms with Gasteiger partial charge in [-0.15, -0.1) is 0 Å². The second-order valence-electron chi connectivity index (χ2n) is 5.74. The fourth-order valence-corrected chi connectivity index (χ4v) is 2.85. The number of anilines is 1. The third-order valence-electron chi connectivity index (χ3n) is 3.99. The van der Waals surface area contributed by atoms with Gasteiger partial charge >= 0.3 is 0 Å². The van der Waals surface area contributed by atoms with Gasteiger partial charge in [0.25, 0.3) is 0 Å². The molecule has 0 atom stereocenters. The maximum absolute atomic E-state index is 2.28. The van der Waals surface area contributed by atoms with Gasteiger partial charge in [-0.25, -0.2) is 0 Å². The first-order chi connectivity index (χ1) is 10.8. The summed E-state index contributed by atoms with van der Waals surface area (Å²) in [6.07, 6.45) is 0. The molecule has 0 saturated carbocycles. The summed E-state index contributed by atoms with van der Waals surface area (Å²) in [6, 6.07) is 30.2. The topological polar surface area (TPSA) is 3.24 Å². The molecule has 1 nitrogen and oxygen atoms in total. The van der Waals surface area contributed by atoms with Crippen LogP contribution in [-0.2, 0) is 0 Å². The minimum Gasteiger partial charge on any atom is -0.378 e. The van der Waals surface area contributed by atoms with Crippen LogP contribution in [0.4, 0.5) is 5.69 Å². The molecule has 3 rings (SSSR count). The van der Waals surface area contributed by atoms with Crippen molar-refractivity contribution >= 4 is 5.69 Å². The standard InChI is InChI=1S/C21H21N/c1-22(2)20-15-9-14-19(16-20)21(17-10-5-3-6-11-17)18-12-7-4-8-13-18/h3-16,21H,1-2H3. The molecule has 0 unspecified atom stereocenters. The molecule has 110 valence electrons. The zero-order valence-electron chi connectivity index (χ0n) is 13.1. The second-order valence-corrected chi connectivity index (χ2v) is 5.74. The average Bonchev–Trinajstić information content (AvgIpc) is 2.57. The average molecular weight is 287 g/mol. The number of benzene rings is 3. The summed E-state index contributed by atoms with van der Waals surface area (Å²) in [5.74, 6) is 0.266. The molecule has 0 heterocycles. The van der Waals surface area contributed by atoms with Crippen LogP contribution in [0.25, 0.3) is 0 Å². The van der Waals surface area contributed by atoms with E-state index in [0.29, 0.717) is 0 Å². The predicted octanol–water partition coefficient (Wildman–Crippen LogP) is 4.93. The first kappa shape index (κ1) is 14.4. The lowest BCUT2D eigenvalue weighted by Gasteiger charge is -2.21. The molecule has 0 radical (unpaired) electrons. The fourth-order valence-electron chi connectivity index (χ4n) is 2.85. The van der Waals surface area contributed by atoms with Gasteiger partial charge in [0.1, 0.15) is 0 Å². The summed E-state index contributed by atoms with van der Waals surface area (Å²) in [5, 5.41) is 0. The van der Waals surface area contributed by atoms with Crippen molar-refractivity contribution in [2.75, 3.05) is 19.0 Å². The van der Waals surface area contributed by atoms with Crippen molar-refractivity contribution in [2.45, 2.75) is 5.92 Å². The van der Waals surface area contributed by atoms with E-state index in [0.717, 1.165) is 0 Å². The lowest BCUT2D eigenvalue weighted by Crippen LogP contribution is -2.10. The molecule has 0 aromatic heterocycles. The third-order valence-corrected chi connectivity index (χ3v) is 3.99. The van der Waals surface area contributed by atoms with Gasteiger partial charge in [0.2, 0.25) is 0 Å². The summed E-state index contributed by atoms with van der Waals surface area (Å²) >= 11 is 0. The van der Waals surface area contributed by atoms with E-state index >= 15 is 0 Å². The molecule has 0 aliphatic heterocycles. The molecule has 0 aliphatic rings. The molecule has 0 amide bonds. The highest BCUT2D eigenvalue weighted by atomic mass is 15.1. The molecule has 1 heteroatoms. The quantitative estimate of drug-likeness (QED) is 0.615. The Kier molecular flexibility index (Phi) is 4.24. The molecule has 0 aliphatic carbocycles. The van der Waals surface area contributed by atoms with Gasteiger partial charge in [0.05, 0.1) is 0 Å². The Balaban J connectivity index is 2.12. The van der Waals surface area contributed by atoms with Crippen molar-refractivity contribution in [1.82, 2.24) is 0 Å². The Morgan fingerprint density at radius 1 is 0.591 bits per heavy atom. The van der Waals surface area contributed by atoms with Crippen molar-refractivity contribution in [1.29, 1.82) is 0 Å². The van der Waals surface area contributed by atoms with Gasteiger partial charge in [-0.3, -0.25) is 0 Å². The van der Waals surface area contributed by atoms with Crippen molar-refractivity contribution in [3.05, 3.63) is 102 Å². The summed E-state index contributed by atoms with van der Waals surface area (Å²) in [7, 11) is 4.16. The molecule has 0 fully saturated rings. The highest BCUT2D eigenvalue weighted by molar-refractivity contribution is 5.52. The predicted molar refractivity (Wildman–Crippen MR) is 94.6 cm³/mol. The van der Waals surface area contributed by atoms with Crippen LogP contribution in [-0.4, -0.2) is 14.1 Å². The van der Waals surface area contributed by atoms with E-state index in [4.69, 9.17) is 0 Å². The smallest absolute Gasteiger partial charge is 0.0364 e. The Labute approximate surface area is 132 Å². The van der Waals surface area contributed by atoms with E-state index < -0.39 is 0 Å². The normalized spacial score (nSPS) is 10.7. The molecule has 0 spiro atoms. The Morgan fingerprint density at radius 3 is 1.59 bits per heavy atom. The van der Waals surface area contributed by atoms with Crippen LogP contribution >= 0.6 is 0 Å². The molecule has 0 N–H and O–H groups in total. The van der Waals surface area contributed by atoms with Crippen molar-refractivity contribution < 1.29 is 0 Å². The van der Waals surface area contributed by atoms with Crippen LogP contribution in [0.5, 0.6) is 0 Å². The van der Waals surface area contributed by atoms with Gasteiger partial charge in [0.15, 0.2) is 0 Å². The molecular formula is C21H21N. The first-order valence-corrected chi connectivity index (χ1v) is 7.63. The van der Waals surface area contributed by atoms with Crippen LogP contribution in [0.1, 0.15) is 22.6 Å². The third kappa shape index (κ3) is 3.04. The van der Waals surface area contributed by atoms with Crippen molar-refractivity contribution in [3.8, 4) is 0 Å². The van der Waals surface area contributed by atoms with E-state index in [2.05, 4.69) is 104 Å². The Morgan fingerprint density at radius 2 is 1.09 bits per heavy atom. The van der Waals surface area contributed by atoms with E-state index in [1.165, 1.54) is 22.4 Å². The molecule has 0 saturated heterocycles. The molecule has 3 aromatic rings. The largest absolute Gasteiger partial charge is 0.378 e. The van der Waals surface area contributed by atoms with E-state index in [9.17, 15) is 0 Å². The highest BCUT2D eigenvalue weighted by Gasteiger charge is 2.16. The second kappa shape index (κ2) is 6.48. The summed E-state index contributed by atoms with van der Waals surface area (Å²) in [4.78, 5) is 2.15. The summed E-state index contributed by atoms with van der Waals surface area (Å²) in [5.41, 5.74) is 5.20.